The molecular weight excluding hydrogens is 191 g/mol. The van der Waals surface area contributed by atoms with Crippen molar-refractivity contribution in [1.29, 1.82) is 0 Å². The van der Waals surface area contributed by atoms with Crippen LogP contribution in [0.4, 0.5) is 0 Å². The third-order valence-corrected chi connectivity index (χ3v) is 2.34. The van der Waals surface area contributed by atoms with Gasteiger partial charge >= 0.3 is 13.1 Å². The van der Waals surface area contributed by atoms with Crippen LogP contribution < -0.4 is 5.46 Å². The zero-order valence-corrected chi connectivity index (χ0v) is 7.87. The Hall–Kier alpha value is -0.845. The van der Waals surface area contributed by atoms with Crippen molar-refractivity contribution in [2.24, 2.45) is 0 Å². The van der Waals surface area contributed by atoms with E-state index in [9.17, 15) is 4.79 Å². The Labute approximate surface area is 79.9 Å². The van der Waals surface area contributed by atoms with E-state index in [0.717, 1.165) is 11.3 Å². The highest BCUT2D eigenvalue weighted by molar-refractivity contribution is 7.13. The first-order valence-corrected chi connectivity index (χ1v) is 4.65. The molecule has 0 bridgehead atoms. The molecule has 1 aromatic heterocycles. The lowest BCUT2D eigenvalue weighted by atomic mass is 9.81. The molecule has 0 aromatic carbocycles. The van der Waals surface area contributed by atoms with Crippen LogP contribution >= 0.6 is 11.3 Å². The molecule has 1 aromatic rings. The molecule has 0 fully saturated rings. The number of hydrogen-bond donors (Lipinski definition) is 2. The van der Waals surface area contributed by atoms with Crippen LogP contribution in [0.15, 0.2) is 11.4 Å². The van der Waals surface area contributed by atoms with Crippen molar-refractivity contribution in [3.05, 3.63) is 16.3 Å². The maximum absolute atomic E-state index is 11.2. The normalized spacial score (nSPS) is 9.77. The molecule has 0 atom stereocenters. The van der Waals surface area contributed by atoms with Gasteiger partial charge < -0.3 is 14.8 Å². The van der Waals surface area contributed by atoms with E-state index in [1.54, 1.807) is 12.3 Å². The summed E-state index contributed by atoms with van der Waals surface area (Å²) in [6, 6.07) is 1.49. The van der Waals surface area contributed by atoms with Crippen molar-refractivity contribution in [3.63, 3.8) is 0 Å². The summed E-state index contributed by atoms with van der Waals surface area (Å²) in [6.45, 7) is 1.97. The summed E-state index contributed by atoms with van der Waals surface area (Å²) in [5.41, 5.74) is 0.198. The van der Waals surface area contributed by atoms with Crippen molar-refractivity contribution >= 4 is 29.9 Å². The largest absolute Gasteiger partial charge is 0.490 e. The lowest BCUT2D eigenvalue weighted by Crippen LogP contribution is -2.32. The average molecular weight is 200 g/mol. The van der Waals surface area contributed by atoms with Gasteiger partial charge in [-0.2, -0.15) is 0 Å². The SMILES string of the molecule is CCOC(=O)c1sccc1B(O)O. The van der Waals surface area contributed by atoms with Crippen LogP contribution in [0.5, 0.6) is 0 Å². The van der Waals surface area contributed by atoms with Crippen LogP contribution in [0.1, 0.15) is 16.6 Å². The Morgan fingerprint density at radius 1 is 1.69 bits per heavy atom. The van der Waals surface area contributed by atoms with Crippen LogP contribution in [0.2, 0.25) is 0 Å². The van der Waals surface area contributed by atoms with Crippen LogP contribution in [0.25, 0.3) is 0 Å². The summed E-state index contributed by atoms with van der Waals surface area (Å²) in [4.78, 5) is 11.4. The van der Waals surface area contributed by atoms with Gasteiger partial charge in [-0.3, -0.25) is 0 Å². The summed E-state index contributed by atoms with van der Waals surface area (Å²) in [6.07, 6.45) is 0. The number of thiophene rings is 1. The van der Waals surface area contributed by atoms with Gasteiger partial charge in [0, 0.05) is 5.46 Å². The summed E-state index contributed by atoms with van der Waals surface area (Å²) < 4.78 is 4.73. The van der Waals surface area contributed by atoms with Crippen LogP contribution in [0.3, 0.4) is 0 Å². The smallest absolute Gasteiger partial charge is 0.462 e. The number of esters is 1. The Balaban J connectivity index is 2.87. The van der Waals surface area contributed by atoms with Crippen molar-refractivity contribution in [2.75, 3.05) is 6.61 Å². The van der Waals surface area contributed by atoms with E-state index in [4.69, 9.17) is 14.8 Å². The second kappa shape index (κ2) is 4.41. The Bertz CT molecular complexity index is 296. The molecule has 0 saturated heterocycles. The minimum atomic E-state index is -1.62. The number of carbonyl (C=O) groups is 1. The van der Waals surface area contributed by atoms with E-state index in [1.807, 2.05) is 0 Å². The number of carbonyl (C=O) groups excluding carboxylic acids is 1. The molecule has 1 heterocycles. The Morgan fingerprint density at radius 3 is 2.92 bits per heavy atom. The summed E-state index contributed by atoms with van der Waals surface area (Å²) in [5.74, 6) is -0.513. The van der Waals surface area contributed by atoms with E-state index in [1.165, 1.54) is 6.07 Å². The van der Waals surface area contributed by atoms with Gasteiger partial charge in [0.1, 0.15) is 4.88 Å². The van der Waals surface area contributed by atoms with Gasteiger partial charge in [0.05, 0.1) is 6.61 Å². The van der Waals surface area contributed by atoms with Gasteiger partial charge in [-0.15, -0.1) is 11.3 Å². The molecule has 1 rings (SSSR count). The van der Waals surface area contributed by atoms with E-state index in [2.05, 4.69) is 0 Å². The first-order chi connectivity index (χ1) is 6.16. The number of hydrogen-bond acceptors (Lipinski definition) is 5. The molecular formula is C7H9BO4S. The lowest BCUT2D eigenvalue weighted by Gasteiger charge is -2.01. The first-order valence-electron chi connectivity index (χ1n) is 3.77. The van der Waals surface area contributed by atoms with Crippen molar-refractivity contribution in [2.45, 2.75) is 6.92 Å². The lowest BCUT2D eigenvalue weighted by molar-refractivity contribution is 0.0533. The third kappa shape index (κ3) is 2.30. The fourth-order valence-electron chi connectivity index (χ4n) is 0.885. The molecule has 0 spiro atoms. The Kier molecular flexibility index (Phi) is 3.47. The molecule has 0 aliphatic heterocycles. The van der Waals surface area contributed by atoms with Gasteiger partial charge in [0.15, 0.2) is 0 Å². The average Bonchev–Trinajstić information content (AvgIpc) is 2.52. The first kappa shape index (κ1) is 10.2. The van der Waals surface area contributed by atoms with Crippen LogP contribution in [-0.4, -0.2) is 29.7 Å². The highest BCUT2D eigenvalue weighted by Gasteiger charge is 2.22. The second-order valence-electron chi connectivity index (χ2n) is 2.30. The standard InChI is InChI=1S/C7H9BO4S/c1-2-12-7(9)6-5(8(10)11)3-4-13-6/h3-4,10-11H,2H2,1H3. The monoisotopic (exact) mass is 200 g/mol. The summed E-state index contributed by atoms with van der Waals surface area (Å²) in [7, 11) is -1.62. The molecule has 4 nitrogen and oxygen atoms in total. The predicted molar refractivity (Wildman–Crippen MR) is 50.1 cm³/mol. The second-order valence-corrected chi connectivity index (χ2v) is 3.22. The molecule has 70 valence electrons. The fourth-order valence-corrected chi connectivity index (χ4v) is 1.70. The van der Waals surface area contributed by atoms with Crippen molar-refractivity contribution in [3.8, 4) is 0 Å². The van der Waals surface area contributed by atoms with E-state index in [-0.39, 0.29) is 16.9 Å². The zero-order chi connectivity index (χ0) is 9.84. The Morgan fingerprint density at radius 2 is 2.38 bits per heavy atom. The van der Waals surface area contributed by atoms with Crippen LogP contribution in [-0.2, 0) is 4.74 Å². The highest BCUT2D eigenvalue weighted by atomic mass is 32.1. The molecule has 0 amide bonds. The molecule has 2 N–H and O–H groups in total. The van der Waals surface area contributed by atoms with E-state index >= 15 is 0 Å². The number of rotatable bonds is 3. The van der Waals surface area contributed by atoms with Crippen LogP contribution in [0, 0.1) is 0 Å². The minimum absolute atomic E-state index is 0.198. The molecule has 13 heavy (non-hydrogen) atoms. The molecule has 0 radical (unpaired) electrons. The van der Waals surface area contributed by atoms with E-state index in [0.29, 0.717) is 0 Å². The van der Waals surface area contributed by atoms with Gasteiger partial charge in [-0.25, -0.2) is 4.79 Å². The number of ether oxygens (including phenoxy) is 1. The predicted octanol–water partition coefficient (Wildman–Crippen LogP) is -0.395. The van der Waals surface area contributed by atoms with Crippen molar-refractivity contribution < 1.29 is 19.6 Å². The topological polar surface area (TPSA) is 66.8 Å². The third-order valence-electron chi connectivity index (χ3n) is 1.43. The molecule has 6 heteroatoms. The maximum atomic E-state index is 11.2. The van der Waals surface area contributed by atoms with Gasteiger partial charge in [0.2, 0.25) is 0 Å². The summed E-state index contributed by atoms with van der Waals surface area (Å²) >= 11 is 1.13. The molecule has 0 saturated carbocycles. The molecule has 0 unspecified atom stereocenters. The quantitative estimate of drug-likeness (QED) is 0.514. The molecule has 0 aliphatic carbocycles. The minimum Gasteiger partial charge on any atom is -0.462 e. The zero-order valence-electron chi connectivity index (χ0n) is 7.06. The highest BCUT2D eigenvalue weighted by Crippen LogP contribution is 2.08. The van der Waals surface area contributed by atoms with Gasteiger partial charge in [-0.1, -0.05) is 6.07 Å². The maximum Gasteiger partial charge on any atom is 0.490 e. The van der Waals surface area contributed by atoms with E-state index < -0.39 is 13.1 Å². The van der Waals surface area contributed by atoms with Crippen molar-refractivity contribution in [1.82, 2.24) is 0 Å². The van der Waals surface area contributed by atoms with Gasteiger partial charge in [0.25, 0.3) is 0 Å². The fraction of sp³-hybridized carbons (Fsp3) is 0.286. The summed E-state index contributed by atoms with van der Waals surface area (Å²) in [5, 5.41) is 19.3. The molecule has 0 aliphatic rings. The van der Waals surface area contributed by atoms with Gasteiger partial charge in [-0.05, 0) is 12.3 Å².